The lowest BCUT2D eigenvalue weighted by molar-refractivity contribution is 0.552. The summed E-state index contributed by atoms with van der Waals surface area (Å²) in [6.07, 6.45) is 3.80. The Labute approximate surface area is 137 Å². The fourth-order valence-electron chi connectivity index (χ4n) is 2.68. The van der Waals surface area contributed by atoms with Gasteiger partial charge in [-0.25, -0.2) is 13.1 Å². The average molecular weight is 342 g/mol. The molecule has 5 nitrogen and oxygen atoms in total. The lowest BCUT2D eigenvalue weighted by Crippen LogP contribution is -2.37. The monoisotopic (exact) mass is 341 g/mol. The van der Waals surface area contributed by atoms with Crippen LogP contribution in [0.5, 0.6) is 0 Å². The van der Waals surface area contributed by atoms with Crippen LogP contribution in [0.25, 0.3) is 10.9 Å². The van der Waals surface area contributed by atoms with Crippen LogP contribution in [0.3, 0.4) is 0 Å². The van der Waals surface area contributed by atoms with Crippen LogP contribution in [-0.4, -0.2) is 32.5 Å². The molecule has 2 aromatic rings. The Kier molecular flexibility index (Phi) is 5.39. The number of aryl methyl sites for hydroxylation is 1. The van der Waals surface area contributed by atoms with Crippen molar-refractivity contribution < 1.29 is 8.42 Å². The average Bonchev–Trinajstić information content (AvgIpc) is 2.97. The molecular weight excluding hydrogens is 322 g/mol. The van der Waals surface area contributed by atoms with Gasteiger partial charge in [-0.1, -0.05) is 12.1 Å². The third-order valence-corrected chi connectivity index (χ3v) is 5.24. The molecule has 2 heterocycles. The highest BCUT2D eigenvalue weighted by molar-refractivity contribution is 7.89. The molecule has 1 aromatic heterocycles. The van der Waals surface area contributed by atoms with Gasteiger partial charge in [0.15, 0.2) is 0 Å². The molecule has 0 amide bonds. The Morgan fingerprint density at radius 1 is 1.41 bits per heavy atom. The van der Waals surface area contributed by atoms with Crippen molar-refractivity contribution in [2.45, 2.75) is 30.7 Å². The van der Waals surface area contributed by atoms with Crippen LogP contribution < -0.4 is 10.0 Å². The maximum atomic E-state index is 12.5. The molecule has 1 aliphatic heterocycles. The zero-order valence-corrected chi connectivity index (χ0v) is 14.0. The van der Waals surface area contributed by atoms with E-state index in [1.807, 2.05) is 19.1 Å². The largest absolute Gasteiger partial charge is 0.313 e. The first-order chi connectivity index (χ1) is 10.1. The van der Waals surface area contributed by atoms with E-state index in [2.05, 4.69) is 15.0 Å². The Morgan fingerprint density at radius 2 is 2.23 bits per heavy atom. The number of nitrogens with zero attached hydrogens (tertiary/aromatic N) is 1. The molecule has 1 aliphatic rings. The first-order valence-electron chi connectivity index (χ1n) is 7.15. The van der Waals surface area contributed by atoms with E-state index in [0.29, 0.717) is 12.1 Å². The highest BCUT2D eigenvalue weighted by Crippen LogP contribution is 2.21. The molecule has 3 rings (SSSR count). The van der Waals surface area contributed by atoms with Crippen molar-refractivity contribution in [3.63, 3.8) is 0 Å². The minimum atomic E-state index is -3.54. The Balaban J connectivity index is 0.00000176. The van der Waals surface area contributed by atoms with Gasteiger partial charge in [0.25, 0.3) is 0 Å². The Morgan fingerprint density at radius 3 is 2.95 bits per heavy atom. The Bertz CT molecular complexity index is 758. The topological polar surface area (TPSA) is 71.1 Å². The van der Waals surface area contributed by atoms with E-state index in [4.69, 9.17) is 0 Å². The van der Waals surface area contributed by atoms with Gasteiger partial charge in [0, 0.05) is 24.2 Å². The van der Waals surface area contributed by atoms with Crippen LogP contribution in [0, 0.1) is 6.92 Å². The van der Waals surface area contributed by atoms with Crippen LogP contribution in [0.15, 0.2) is 35.4 Å². The zero-order valence-electron chi connectivity index (χ0n) is 12.4. The number of hydrogen-bond acceptors (Lipinski definition) is 4. The second kappa shape index (κ2) is 6.91. The van der Waals surface area contributed by atoms with Gasteiger partial charge >= 0.3 is 0 Å². The Hall–Kier alpha value is -1.21. The van der Waals surface area contributed by atoms with Crippen molar-refractivity contribution in [1.82, 2.24) is 15.0 Å². The smallest absolute Gasteiger partial charge is 0.242 e. The zero-order chi connectivity index (χ0) is 14.9. The molecule has 1 saturated heterocycles. The number of fused-ring (bicyclic) bond motifs is 1. The molecule has 0 spiro atoms. The molecule has 0 saturated carbocycles. The van der Waals surface area contributed by atoms with Crippen LogP contribution in [0.2, 0.25) is 0 Å². The molecule has 1 atom stereocenters. The van der Waals surface area contributed by atoms with Gasteiger partial charge in [-0.15, -0.1) is 12.4 Å². The number of pyridine rings is 1. The number of nitrogens with one attached hydrogen (secondary N) is 2. The quantitative estimate of drug-likeness (QED) is 0.892. The molecule has 22 heavy (non-hydrogen) atoms. The van der Waals surface area contributed by atoms with Crippen molar-refractivity contribution in [3.8, 4) is 0 Å². The van der Waals surface area contributed by atoms with E-state index < -0.39 is 10.0 Å². The first-order valence-corrected chi connectivity index (χ1v) is 8.63. The summed E-state index contributed by atoms with van der Waals surface area (Å²) in [7, 11) is -3.54. The molecule has 7 heteroatoms. The SMILES string of the molecule is Cc1cnc2c(S(=O)(=O)NCC3CCCN3)cccc2c1.Cl. The van der Waals surface area contributed by atoms with Gasteiger partial charge in [0.05, 0.1) is 5.52 Å². The predicted molar refractivity (Wildman–Crippen MR) is 89.9 cm³/mol. The van der Waals surface area contributed by atoms with Crippen molar-refractivity contribution in [3.05, 3.63) is 36.0 Å². The van der Waals surface area contributed by atoms with Gasteiger partial charge in [0.1, 0.15) is 4.90 Å². The summed E-state index contributed by atoms with van der Waals surface area (Å²) >= 11 is 0. The second-order valence-corrected chi connectivity index (χ2v) is 7.22. The van der Waals surface area contributed by atoms with Crippen LogP contribution in [0.4, 0.5) is 0 Å². The number of sulfonamides is 1. The summed E-state index contributed by atoms with van der Waals surface area (Å²) < 4.78 is 27.7. The number of benzene rings is 1. The fraction of sp³-hybridized carbons (Fsp3) is 0.400. The molecule has 120 valence electrons. The predicted octanol–water partition coefficient (Wildman–Crippen LogP) is 2.00. The van der Waals surface area contributed by atoms with Crippen molar-refractivity contribution >= 4 is 33.3 Å². The third kappa shape index (κ3) is 3.57. The minimum absolute atomic E-state index is 0. The van der Waals surface area contributed by atoms with Crippen LogP contribution in [-0.2, 0) is 10.0 Å². The minimum Gasteiger partial charge on any atom is -0.313 e. The van der Waals surface area contributed by atoms with Crippen molar-refractivity contribution in [2.75, 3.05) is 13.1 Å². The summed E-state index contributed by atoms with van der Waals surface area (Å²) in [6.45, 7) is 3.32. The number of hydrogen-bond donors (Lipinski definition) is 2. The van der Waals surface area contributed by atoms with E-state index in [0.717, 1.165) is 30.3 Å². The third-order valence-electron chi connectivity index (χ3n) is 3.78. The highest BCUT2D eigenvalue weighted by atomic mass is 35.5. The van der Waals surface area contributed by atoms with Gasteiger partial charge < -0.3 is 5.32 Å². The molecule has 1 aromatic carbocycles. The number of halogens is 1. The molecule has 0 aliphatic carbocycles. The van der Waals surface area contributed by atoms with E-state index in [9.17, 15) is 8.42 Å². The molecular formula is C15H20ClN3O2S. The van der Waals surface area contributed by atoms with E-state index in [1.165, 1.54) is 0 Å². The fourth-order valence-corrected chi connectivity index (χ4v) is 3.94. The van der Waals surface area contributed by atoms with E-state index >= 15 is 0 Å². The molecule has 1 fully saturated rings. The lowest BCUT2D eigenvalue weighted by atomic mass is 10.2. The maximum Gasteiger partial charge on any atom is 0.242 e. The molecule has 1 unspecified atom stereocenters. The summed E-state index contributed by atoms with van der Waals surface area (Å²) in [5.41, 5.74) is 1.54. The maximum absolute atomic E-state index is 12.5. The number of aromatic nitrogens is 1. The summed E-state index contributed by atoms with van der Waals surface area (Å²) in [5, 5.41) is 4.13. The lowest BCUT2D eigenvalue weighted by Gasteiger charge is -2.13. The molecule has 2 N–H and O–H groups in total. The van der Waals surface area contributed by atoms with Gasteiger partial charge in [-0.05, 0) is 44.0 Å². The van der Waals surface area contributed by atoms with E-state index in [-0.39, 0.29) is 23.3 Å². The normalized spacial score (nSPS) is 18.3. The van der Waals surface area contributed by atoms with Gasteiger partial charge in [-0.2, -0.15) is 0 Å². The van der Waals surface area contributed by atoms with Gasteiger partial charge in [-0.3, -0.25) is 4.98 Å². The van der Waals surface area contributed by atoms with E-state index in [1.54, 1.807) is 18.3 Å². The summed E-state index contributed by atoms with van der Waals surface area (Å²) in [6, 6.07) is 7.41. The summed E-state index contributed by atoms with van der Waals surface area (Å²) in [4.78, 5) is 4.54. The number of para-hydroxylation sites is 1. The summed E-state index contributed by atoms with van der Waals surface area (Å²) in [5.74, 6) is 0. The van der Waals surface area contributed by atoms with Crippen molar-refractivity contribution in [2.24, 2.45) is 0 Å². The van der Waals surface area contributed by atoms with Gasteiger partial charge in [0.2, 0.25) is 10.0 Å². The highest BCUT2D eigenvalue weighted by Gasteiger charge is 2.21. The van der Waals surface area contributed by atoms with Crippen molar-refractivity contribution in [1.29, 1.82) is 0 Å². The number of rotatable bonds is 4. The molecule has 0 radical (unpaired) electrons. The first kappa shape index (κ1) is 17.1. The molecule has 0 bridgehead atoms. The van der Waals surface area contributed by atoms with Crippen LogP contribution in [0.1, 0.15) is 18.4 Å². The van der Waals surface area contributed by atoms with Crippen LogP contribution >= 0.6 is 12.4 Å². The standard InChI is InChI=1S/C15H19N3O2S.ClH/c1-11-8-12-4-2-6-14(15(12)17-9-11)21(19,20)18-10-13-5-3-7-16-13;/h2,4,6,8-9,13,16,18H,3,5,7,10H2,1H3;1H. The second-order valence-electron chi connectivity index (χ2n) is 5.49.